The summed E-state index contributed by atoms with van der Waals surface area (Å²) in [5.74, 6) is 0.445. The number of aliphatic imine (C=N–C) groups is 1. The van der Waals surface area contributed by atoms with Crippen molar-refractivity contribution in [3.05, 3.63) is 29.3 Å². The third-order valence-electron chi connectivity index (χ3n) is 2.01. The van der Waals surface area contributed by atoms with E-state index in [1.54, 1.807) is 0 Å². The largest absolute Gasteiger partial charge is 0.370 e. The maximum atomic E-state index is 5.95. The zero-order chi connectivity index (χ0) is 9.97. The highest BCUT2D eigenvalue weighted by molar-refractivity contribution is 6.33. The maximum Gasteiger partial charge on any atom is 0.193 e. The third-order valence-corrected chi connectivity index (χ3v) is 2.33. The first kappa shape index (κ1) is 9.34. The van der Waals surface area contributed by atoms with Crippen molar-refractivity contribution in [2.24, 2.45) is 10.7 Å². The number of hydrogen-bond donors (Lipinski definition) is 2. The van der Waals surface area contributed by atoms with E-state index < -0.39 is 0 Å². The van der Waals surface area contributed by atoms with Crippen molar-refractivity contribution >= 4 is 23.2 Å². The normalized spacial score (nSPS) is 16.8. The molecule has 1 aliphatic rings. The zero-order valence-corrected chi connectivity index (χ0v) is 8.46. The maximum absolute atomic E-state index is 5.95. The van der Waals surface area contributed by atoms with Gasteiger partial charge in [-0.3, -0.25) is 0 Å². The van der Waals surface area contributed by atoms with Gasteiger partial charge < -0.3 is 11.1 Å². The van der Waals surface area contributed by atoms with E-state index in [9.17, 15) is 0 Å². The number of anilines is 1. The van der Waals surface area contributed by atoms with Crippen LogP contribution in [0.15, 0.2) is 29.3 Å². The van der Waals surface area contributed by atoms with Crippen molar-refractivity contribution < 1.29 is 0 Å². The standard InChI is InChI=1S/C10H12ClN3/c11-8-3-1-2-4-9(8)14-10(12)13-7-5-6-7/h1-4,7H,5-6H2,(H3,12,13,14). The first-order valence-electron chi connectivity index (χ1n) is 4.60. The number of nitrogens with zero attached hydrogens (tertiary/aromatic N) is 1. The van der Waals surface area contributed by atoms with E-state index in [4.69, 9.17) is 17.3 Å². The minimum Gasteiger partial charge on any atom is -0.370 e. The summed E-state index contributed by atoms with van der Waals surface area (Å²) in [6.45, 7) is 0. The lowest BCUT2D eigenvalue weighted by molar-refractivity contribution is 1.06. The minimum atomic E-state index is 0.421. The Kier molecular flexibility index (Phi) is 2.59. The molecule has 0 unspecified atom stereocenters. The highest BCUT2D eigenvalue weighted by atomic mass is 35.5. The van der Waals surface area contributed by atoms with Crippen LogP contribution in [0, 0.1) is 0 Å². The quantitative estimate of drug-likeness (QED) is 0.580. The fraction of sp³-hybridized carbons (Fsp3) is 0.300. The number of benzene rings is 1. The van der Waals surface area contributed by atoms with Gasteiger partial charge in [-0.05, 0) is 25.0 Å². The number of nitrogens with one attached hydrogen (secondary N) is 1. The molecule has 0 spiro atoms. The molecule has 1 saturated carbocycles. The lowest BCUT2D eigenvalue weighted by Crippen LogP contribution is -2.23. The van der Waals surface area contributed by atoms with Crippen molar-refractivity contribution in [1.29, 1.82) is 0 Å². The molecule has 0 heterocycles. The Balaban J connectivity index is 2.06. The van der Waals surface area contributed by atoms with Gasteiger partial charge in [0.25, 0.3) is 0 Å². The first-order chi connectivity index (χ1) is 6.75. The second-order valence-corrected chi connectivity index (χ2v) is 3.76. The molecule has 3 nitrogen and oxygen atoms in total. The number of guanidine groups is 1. The Morgan fingerprint density at radius 3 is 2.79 bits per heavy atom. The topological polar surface area (TPSA) is 50.4 Å². The van der Waals surface area contributed by atoms with Crippen LogP contribution >= 0.6 is 11.6 Å². The minimum absolute atomic E-state index is 0.421. The molecule has 1 aliphatic carbocycles. The van der Waals surface area contributed by atoms with E-state index in [-0.39, 0.29) is 0 Å². The fourth-order valence-electron chi connectivity index (χ4n) is 1.13. The smallest absolute Gasteiger partial charge is 0.193 e. The molecule has 2 rings (SSSR count). The summed E-state index contributed by atoms with van der Waals surface area (Å²) in [6, 6.07) is 7.89. The van der Waals surface area contributed by atoms with E-state index in [1.807, 2.05) is 24.3 Å². The lowest BCUT2D eigenvalue weighted by atomic mass is 10.3. The molecular formula is C10H12ClN3. The molecule has 0 bridgehead atoms. The molecule has 4 heteroatoms. The van der Waals surface area contributed by atoms with Crippen LogP contribution in [0.2, 0.25) is 5.02 Å². The van der Waals surface area contributed by atoms with E-state index in [1.165, 1.54) is 0 Å². The fourth-order valence-corrected chi connectivity index (χ4v) is 1.32. The van der Waals surface area contributed by atoms with Gasteiger partial charge in [-0.15, -0.1) is 0 Å². The molecule has 1 aromatic carbocycles. The Labute approximate surface area is 88.0 Å². The predicted molar refractivity (Wildman–Crippen MR) is 59.7 cm³/mol. The van der Waals surface area contributed by atoms with Crippen LogP contribution in [0.4, 0.5) is 5.69 Å². The van der Waals surface area contributed by atoms with Gasteiger partial charge in [0.1, 0.15) is 0 Å². The SMILES string of the molecule is NC(=NC1CC1)Nc1ccccc1Cl. The number of hydrogen-bond acceptors (Lipinski definition) is 1. The molecule has 0 aromatic heterocycles. The molecule has 0 saturated heterocycles. The monoisotopic (exact) mass is 209 g/mol. The predicted octanol–water partition coefficient (Wildman–Crippen LogP) is 2.23. The summed E-state index contributed by atoms with van der Waals surface area (Å²) in [5.41, 5.74) is 6.50. The molecule has 0 aliphatic heterocycles. The van der Waals surface area contributed by atoms with Crippen LogP contribution in [0.3, 0.4) is 0 Å². The Morgan fingerprint density at radius 1 is 1.43 bits per heavy atom. The second kappa shape index (κ2) is 3.88. The van der Waals surface area contributed by atoms with Gasteiger partial charge >= 0.3 is 0 Å². The van der Waals surface area contributed by atoms with Crippen molar-refractivity contribution in [2.45, 2.75) is 18.9 Å². The van der Waals surface area contributed by atoms with Crippen molar-refractivity contribution in [3.8, 4) is 0 Å². The average molecular weight is 210 g/mol. The van der Waals surface area contributed by atoms with Crippen LogP contribution in [-0.2, 0) is 0 Å². The number of nitrogens with two attached hydrogens (primary N) is 1. The van der Waals surface area contributed by atoms with E-state index in [0.29, 0.717) is 17.0 Å². The molecule has 14 heavy (non-hydrogen) atoms. The van der Waals surface area contributed by atoms with Crippen molar-refractivity contribution in [3.63, 3.8) is 0 Å². The molecular weight excluding hydrogens is 198 g/mol. The van der Waals surface area contributed by atoms with Crippen molar-refractivity contribution in [1.82, 2.24) is 0 Å². The summed E-state index contributed by atoms with van der Waals surface area (Å²) in [5, 5.41) is 3.63. The Hall–Kier alpha value is -1.22. The molecule has 0 radical (unpaired) electrons. The van der Waals surface area contributed by atoms with E-state index in [2.05, 4.69) is 10.3 Å². The van der Waals surface area contributed by atoms with Gasteiger partial charge in [0, 0.05) is 0 Å². The molecule has 0 amide bonds. The molecule has 1 fully saturated rings. The van der Waals surface area contributed by atoms with Crippen LogP contribution in [-0.4, -0.2) is 12.0 Å². The van der Waals surface area contributed by atoms with Crippen LogP contribution in [0.5, 0.6) is 0 Å². The Morgan fingerprint density at radius 2 is 2.14 bits per heavy atom. The van der Waals surface area contributed by atoms with Gasteiger partial charge in [-0.25, -0.2) is 4.99 Å². The summed E-state index contributed by atoms with van der Waals surface area (Å²) >= 11 is 5.95. The number of halogens is 1. The van der Waals surface area contributed by atoms with Crippen molar-refractivity contribution in [2.75, 3.05) is 5.32 Å². The number of para-hydroxylation sites is 1. The summed E-state index contributed by atoms with van der Waals surface area (Å²) in [7, 11) is 0. The van der Waals surface area contributed by atoms with Crippen LogP contribution in [0.1, 0.15) is 12.8 Å². The molecule has 0 atom stereocenters. The lowest BCUT2D eigenvalue weighted by Gasteiger charge is -2.06. The number of rotatable bonds is 2. The highest BCUT2D eigenvalue weighted by Crippen LogP contribution is 2.24. The molecule has 1 aromatic rings. The highest BCUT2D eigenvalue weighted by Gasteiger charge is 2.20. The first-order valence-corrected chi connectivity index (χ1v) is 4.98. The third kappa shape index (κ3) is 2.39. The summed E-state index contributed by atoms with van der Waals surface area (Å²) in [6.07, 6.45) is 2.29. The summed E-state index contributed by atoms with van der Waals surface area (Å²) in [4.78, 5) is 4.25. The Bertz CT molecular complexity index is 358. The van der Waals surface area contributed by atoms with Gasteiger partial charge in [0.2, 0.25) is 0 Å². The zero-order valence-electron chi connectivity index (χ0n) is 7.70. The van der Waals surface area contributed by atoms with Gasteiger partial charge in [-0.1, -0.05) is 23.7 Å². The van der Waals surface area contributed by atoms with Gasteiger partial charge in [0.15, 0.2) is 5.96 Å². The van der Waals surface area contributed by atoms with Crippen LogP contribution < -0.4 is 11.1 Å². The van der Waals surface area contributed by atoms with E-state index in [0.717, 1.165) is 18.5 Å². The molecule has 3 N–H and O–H groups in total. The van der Waals surface area contributed by atoms with E-state index >= 15 is 0 Å². The van der Waals surface area contributed by atoms with Crippen LogP contribution in [0.25, 0.3) is 0 Å². The second-order valence-electron chi connectivity index (χ2n) is 3.35. The summed E-state index contributed by atoms with van der Waals surface area (Å²) < 4.78 is 0. The average Bonchev–Trinajstić information content (AvgIpc) is 2.93. The van der Waals surface area contributed by atoms with Gasteiger partial charge in [-0.2, -0.15) is 0 Å². The molecule has 74 valence electrons. The van der Waals surface area contributed by atoms with Gasteiger partial charge in [0.05, 0.1) is 16.8 Å².